The Morgan fingerprint density at radius 2 is 2.00 bits per heavy atom. The van der Waals surface area contributed by atoms with Crippen LogP contribution in [0.3, 0.4) is 0 Å². The van der Waals surface area contributed by atoms with Gasteiger partial charge < -0.3 is 5.73 Å². The van der Waals surface area contributed by atoms with Gasteiger partial charge in [-0.05, 0) is 37.9 Å². The fourth-order valence-electron chi connectivity index (χ4n) is 2.49. The molecule has 2 heterocycles. The van der Waals surface area contributed by atoms with Crippen LogP contribution < -0.4 is 5.73 Å². The maximum Gasteiger partial charge on any atom is 0.244 e. The molecule has 1 fully saturated rings. The Morgan fingerprint density at radius 3 is 2.43 bits per heavy atom. The van der Waals surface area contributed by atoms with E-state index >= 15 is 0 Å². The molecule has 2 N–H and O–H groups in total. The van der Waals surface area contributed by atoms with Crippen LogP contribution in [-0.4, -0.2) is 51.5 Å². The molecule has 9 heteroatoms. The average Bonchev–Trinajstić information content (AvgIpc) is 2.80. The van der Waals surface area contributed by atoms with Crippen LogP contribution in [0.4, 0.5) is 0 Å². The zero-order valence-corrected chi connectivity index (χ0v) is 13.6. The minimum atomic E-state index is -3.67. The number of rotatable bonds is 4. The van der Waals surface area contributed by atoms with Gasteiger partial charge in [0.05, 0.1) is 0 Å². The van der Waals surface area contributed by atoms with Crippen LogP contribution in [-0.2, 0) is 19.9 Å². The lowest BCUT2D eigenvalue weighted by atomic mass is 10.1. The summed E-state index contributed by atoms with van der Waals surface area (Å²) in [5.74, 6) is 0.151. The second-order valence-corrected chi connectivity index (χ2v) is 9.22. The summed E-state index contributed by atoms with van der Waals surface area (Å²) in [5, 5.41) is -0.143. The van der Waals surface area contributed by atoms with Gasteiger partial charge in [0.15, 0.2) is 14.9 Å². The van der Waals surface area contributed by atoms with Crippen molar-refractivity contribution in [3.05, 3.63) is 18.3 Å². The van der Waals surface area contributed by atoms with Crippen LogP contribution in [0.1, 0.15) is 13.3 Å². The highest BCUT2D eigenvalue weighted by Crippen LogP contribution is 2.28. The van der Waals surface area contributed by atoms with E-state index < -0.39 is 19.9 Å². The summed E-state index contributed by atoms with van der Waals surface area (Å²) in [6.07, 6.45) is 2.84. The fraction of sp³-hybridized carbons (Fsp3) is 0.583. The highest BCUT2D eigenvalue weighted by Gasteiger charge is 2.37. The number of hydrogen-bond donors (Lipinski definition) is 1. The predicted octanol–water partition coefficient (Wildman–Crippen LogP) is -0.157. The zero-order chi connectivity index (χ0) is 15.8. The Labute approximate surface area is 125 Å². The van der Waals surface area contributed by atoms with Gasteiger partial charge in [0.1, 0.15) is 4.90 Å². The van der Waals surface area contributed by atoms with Crippen LogP contribution in [0, 0.1) is 5.92 Å². The molecule has 0 radical (unpaired) electrons. The summed E-state index contributed by atoms with van der Waals surface area (Å²) >= 11 is 0. The number of hydrogen-bond acceptors (Lipinski definition) is 6. The first-order chi connectivity index (χ1) is 9.66. The van der Waals surface area contributed by atoms with Crippen molar-refractivity contribution in [3.8, 4) is 0 Å². The quantitative estimate of drug-likeness (QED) is 0.820. The molecule has 2 unspecified atom stereocenters. The van der Waals surface area contributed by atoms with Crippen LogP contribution in [0.25, 0.3) is 0 Å². The molecule has 0 aromatic carbocycles. The van der Waals surface area contributed by atoms with Crippen LogP contribution in [0.15, 0.2) is 28.3 Å². The maximum absolute atomic E-state index is 12.6. The van der Waals surface area contributed by atoms with Gasteiger partial charge in [-0.1, -0.05) is 0 Å². The van der Waals surface area contributed by atoms with Crippen molar-refractivity contribution in [3.63, 3.8) is 0 Å². The lowest BCUT2D eigenvalue weighted by molar-refractivity contribution is 0.404. The molecule has 118 valence electrons. The molecule has 0 amide bonds. The van der Waals surface area contributed by atoms with Crippen molar-refractivity contribution in [1.82, 2.24) is 9.29 Å². The highest BCUT2D eigenvalue weighted by molar-refractivity contribution is 7.90. The topological polar surface area (TPSA) is 110 Å². The van der Waals surface area contributed by atoms with Gasteiger partial charge in [0.25, 0.3) is 0 Å². The summed E-state index contributed by atoms with van der Waals surface area (Å²) in [6, 6.07) is 2.36. The Hall–Kier alpha value is -1.03. The number of aromatic nitrogens is 1. The third-order valence-corrected chi connectivity index (χ3v) is 6.60. The van der Waals surface area contributed by atoms with Gasteiger partial charge in [-0.25, -0.2) is 21.8 Å². The van der Waals surface area contributed by atoms with Crippen molar-refractivity contribution < 1.29 is 16.8 Å². The molecule has 1 aromatic rings. The zero-order valence-electron chi connectivity index (χ0n) is 11.9. The van der Waals surface area contributed by atoms with Crippen LogP contribution in [0.2, 0.25) is 0 Å². The Morgan fingerprint density at radius 1 is 1.33 bits per heavy atom. The summed E-state index contributed by atoms with van der Waals surface area (Å²) in [4.78, 5) is 3.73. The third kappa shape index (κ3) is 3.25. The Bertz CT molecular complexity index is 713. The molecule has 1 aliphatic heterocycles. The molecule has 0 spiro atoms. The van der Waals surface area contributed by atoms with Gasteiger partial charge in [0.2, 0.25) is 10.0 Å². The standard InChI is InChI=1S/C12H19N3O4S2/c1-9-5-10(6-13)8-15(9)21(18,19)11-3-4-12(14-7-11)20(2,16)17/h3-4,7,9-10H,5-6,8,13H2,1-2H3. The monoisotopic (exact) mass is 333 g/mol. The van der Waals surface area contributed by atoms with E-state index in [4.69, 9.17) is 5.73 Å². The molecule has 1 aromatic heterocycles. The number of sulfonamides is 1. The molecular weight excluding hydrogens is 314 g/mol. The SMILES string of the molecule is CC1CC(CN)CN1S(=O)(=O)c1ccc(S(C)(=O)=O)nc1. The minimum absolute atomic E-state index is 0.000536. The van der Waals surface area contributed by atoms with Crippen molar-refractivity contribution in [2.24, 2.45) is 11.7 Å². The average molecular weight is 333 g/mol. The first-order valence-corrected chi connectivity index (χ1v) is 9.87. The second kappa shape index (κ2) is 5.64. The Kier molecular flexibility index (Phi) is 4.39. The maximum atomic E-state index is 12.6. The van der Waals surface area contributed by atoms with Gasteiger partial charge >= 0.3 is 0 Å². The molecule has 1 saturated heterocycles. The predicted molar refractivity (Wildman–Crippen MR) is 77.9 cm³/mol. The molecule has 21 heavy (non-hydrogen) atoms. The third-order valence-electron chi connectivity index (χ3n) is 3.63. The van der Waals surface area contributed by atoms with E-state index in [1.165, 1.54) is 16.4 Å². The van der Waals surface area contributed by atoms with Gasteiger partial charge in [-0.15, -0.1) is 0 Å². The van der Waals surface area contributed by atoms with Gasteiger partial charge in [0, 0.05) is 25.0 Å². The molecular formula is C12H19N3O4S2. The molecule has 2 atom stereocenters. The van der Waals surface area contributed by atoms with E-state index in [1.807, 2.05) is 6.92 Å². The van der Waals surface area contributed by atoms with E-state index in [1.54, 1.807) is 0 Å². The molecule has 1 aliphatic rings. The molecule has 7 nitrogen and oxygen atoms in total. The molecule has 2 rings (SSSR count). The van der Waals surface area contributed by atoms with E-state index in [2.05, 4.69) is 4.98 Å². The number of sulfone groups is 1. The van der Waals surface area contributed by atoms with Crippen LogP contribution in [0.5, 0.6) is 0 Å². The van der Waals surface area contributed by atoms with E-state index in [0.717, 1.165) is 18.9 Å². The van der Waals surface area contributed by atoms with E-state index in [-0.39, 0.29) is 21.9 Å². The van der Waals surface area contributed by atoms with E-state index in [9.17, 15) is 16.8 Å². The number of nitrogens with zero attached hydrogens (tertiary/aromatic N) is 2. The highest BCUT2D eigenvalue weighted by atomic mass is 32.2. The second-order valence-electron chi connectivity index (χ2n) is 5.37. The van der Waals surface area contributed by atoms with Gasteiger partial charge in [-0.2, -0.15) is 4.31 Å². The fourth-order valence-corrected chi connectivity index (χ4v) is 4.71. The summed E-state index contributed by atoms with van der Waals surface area (Å²) in [6.45, 7) is 2.67. The van der Waals surface area contributed by atoms with E-state index in [0.29, 0.717) is 13.1 Å². The molecule has 0 saturated carbocycles. The smallest absolute Gasteiger partial charge is 0.244 e. The minimum Gasteiger partial charge on any atom is -0.330 e. The van der Waals surface area contributed by atoms with Crippen molar-refractivity contribution in [2.45, 2.75) is 29.3 Å². The lowest BCUT2D eigenvalue weighted by Crippen LogP contribution is -2.34. The number of nitrogens with two attached hydrogens (primary N) is 1. The largest absolute Gasteiger partial charge is 0.330 e. The van der Waals surface area contributed by atoms with Crippen molar-refractivity contribution in [1.29, 1.82) is 0 Å². The van der Waals surface area contributed by atoms with Crippen LogP contribution >= 0.6 is 0 Å². The van der Waals surface area contributed by atoms with Gasteiger partial charge in [-0.3, -0.25) is 0 Å². The normalized spacial score (nSPS) is 24.3. The first kappa shape index (κ1) is 16.3. The Balaban J connectivity index is 2.32. The first-order valence-electron chi connectivity index (χ1n) is 6.54. The summed E-state index contributed by atoms with van der Waals surface area (Å²) in [5.41, 5.74) is 5.61. The summed E-state index contributed by atoms with van der Waals surface area (Å²) < 4.78 is 49.2. The summed E-state index contributed by atoms with van der Waals surface area (Å²) in [7, 11) is -7.12. The lowest BCUT2D eigenvalue weighted by Gasteiger charge is -2.20. The molecule has 0 aliphatic carbocycles. The number of pyridine rings is 1. The van der Waals surface area contributed by atoms with Crippen molar-refractivity contribution in [2.75, 3.05) is 19.3 Å². The van der Waals surface area contributed by atoms with Crippen molar-refractivity contribution >= 4 is 19.9 Å². The molecule has 0 bridgehead atoms.